The van der Waals surface area contributed by atoms with Crippen molar-refractivity contribution < 1.29 is 9.84 Å². The molecule has 5 nitrogen and oxygen atoms in total. The van der Waals surface area contributed by atoms with Gasteiger partial charge in [-0.3, -0.25) is 0 Å². The lowest BCUT2D eigenvalue weighted by Crippen LogP contribution is -2.32. The predicted molar refractivity (Wildman–Crippen MR) is 63.7 cm³/mol. The smallest absolute Gasteiger partial charge is 0.144 e. The fourth-order valence-electron chi connectivity index (χ4n) is 1.84. The van der Waals surface area contributed by atoms with Crippen LogP contribution in [0, 0.1) is 0 Å². The maximum Gasteiger partial charge on any atom is 0.144 e. The van der Waals surface area contributed by atoms with E-state index in [0.717, 1.165) is 12.2 Å². The van der Waals surface area contributed by atoms with Gasteiger partial charge in [-0.25, -0.2) is 0 Å². The molecule has 0 saturated carbocycles. The van der Waals surface area contributed by atoms with Gasteiger partial charge in [-0.2, -0.15) is 0 Å². The van der Waals surface area contributed by atoms with Gasteiger partial charge in [0.1, 0.15) is 5.75 Å². The number of aliphatic hydroxyl groups excluding tert-OH is 1. The van der Waals surface area contributed by atoms with E-state index >= 15 is 0 Å². The molecule has 1 fully saturated rings. The SMILES string of the molecule is COc1cc(N)ccc1N[C@H]1CNC[C@@H]1O. The summed E-state index contributed by atoms with van der Waals surface area (Å²) < 4.78 is 5.23. The second kappa shape index (κ2) is 4.59. The van der Waals surface area contributed by atoms with Crippen molar-refractivity contribution in [2.45, 2.75) is 12.1 Å². The molecular formula is C11H17N3O2. The van der Waals surface area contributed by atoms with Crippen molar-refractivity contribution in [3.05, 3.63) is 18.2 Å². The number of nitrogen functional groups attached to an aromatic ring is 1. The molecule has 0 bridgehead atoms. The standard InChI is InChI=1S/C11H17N3O2/c1-16-11-4-7(12)2-3-8(11)14-9-5-13-6-10(9)15/h2-4,9-10,13-15H,5-6,12H2,1H3/t9-,10-/m0/s1. The van der Waals surface area contributed by atoms with Crippen LogP contribution in [0.2, 0.25) is 0 Å². The summed E-state index contributed by atoms with van der Waals surface area (Å²) in [4.78, 5) is 0. The third-order valence-corrected chi connectivity index (χ3v) is 2.75. The Morgan fingerprint density at radius 2 is 2.31 bits per heavy atom. The molecule has 2 atom stereocenters. The fourth-order valence-corrected chi connectivity index (χ4v) is 1.84. The first-order valence-electron chi connectivity index (χ1n) is 5.29. The Kier molecular flexibility index (Phi) is 3.17. The van der Waals surface area contributed by atoms with Gasteiger partial charge >= 0.3 is 0 Å². The van der Waals surface area contributed by atoms with Gasteiger partial charge in [0.25, 0.3) is 0 Å². The molecule has 0 radical (unpaired) electrons. The molecule has 5 heteroatoms. The number of benzene rings is 1. The van der Waals surface area contributed by atoms with Crippen LogP contribution in [0.25, 0.3) is 0 Å². The highest BCUT2D eigenvalue weighted by Crippen LogP contribution is 2.27. The summed E-state index contributed by atoms with van der Waals surface area (Å²) in [6, 6.07) is 5.44. The van der Waals surface area contributed by atoms with E-state index < -0.39 is 0 Å². The van der Waals surface area contributed by atoms with Gasteiger partial charge in [0.2, 0.25) is 0 Å². The Morgan fingerprint density at radius 1 is 1.50 bits per heavy atom. The van der Waals surface area contributed by atoms with Crippen molar-refractivity contribution in [3.63, 3.8) is 0 Å². The van der Waals surface area contributed by atoms with Crippen LogP contribution in [-0.2, 0) is 0 Å². The van der Waals surface area contributed by atoms with Gasteiger partial charge in [-0.05, 0) is 12.1 Å². The minimum atomic E-state index is -0.373. The summed E-state index contributed by atoms with van der Waals surface area (Å²) in [6.45, 7) is 1.36. The van der Waals surface area contributed by atoms with Crippen molar-refractivity contribution in [1.82, 2.24) is 5.32 Å². The monoisotopic (exact) mass is 223 g/mol. The number of methoxy groups -OCH3 is 1. The number of anilines is 2. The second-order valence-electron chi connectivity index (χ2n) is 3.94. The normalized spacial score (nSPS) is 24.4. The molecule has 1 heterocycles. The lowest BCUT2D eigenvalue weighted by atomic mass is 10.2. The van der Waals surface area contributed by atoms with Crippen LogP contribution in [0.5, 0.6) is 5.75 Å². The van der Waals surface area contributed by atoms with E-state index in [-0.39, 0.29) is 12.1 Å². The number of hydrogen-bond acceptors (Lipinski definition) is 5. The van der Waals surface area contributed by atoms with Crippen molar-refractivity contribution >= 4 is 11.4 Å². The zero-order valence-electron chi connectivity index (χ0n) is 9.23. The van der Waals surface area contributed by atoms with Gasteiger partial charge in [-0.15, -0.1) is 0 Å². The first kappa shape index (κ1) is 11.0. The molecule has 0 amide bonds. The molecule has 1 saturated heterocycles. The largest absolute Gasteiger partial charge is 0.495 e. The van der Waals surface area contributed by atoms with E-state index in [1.807, 2.05) is 6.07 Å². The van der Waals surface area contributed by atoms with Crippen LogP contribution in [-0.4, -0.2) is 37.5 Å². The molecule has 0 unspecified atom stereocenters. The van der Waals surface area contributed by atoms with E-state index in [0.29, 0.717) is 18.0 Å². The summed E-state index contributed by atoms with van der Waals surface area (Å²) in [5.41, 5.74) is 7.18. The van der Waals surface area contributed by atoms with E-state index in [4.69, 9.17) is 10.5 Å². The van der Waals surface area contributed by atoms with Crippen LogP contribution in [0.15, 0.2) is 18.2 Å². The lowest BCUT2D eigenvalue weighted by molar-refractivity contribution is 0.185. The van der Waals surface area contributed by atoms with Gasteiger partial charge < -0.3 is 26.2 Å². The molecular weight excluding hydrogens is 206 g/mol. The van der Waals surface area contributed by atoms with E-state index in [2.05, 4.69) is 10.6 Å². The third kappa shape index (κ3) is 2.20. The molecule has 1 aliphatic heterocycles. The molecule has 0 aromatic heterocycles. The zero-order valence-corrected chi connectivity index (χ0v) is 9.23. The maximum atomic E-state index is 9.68. The van der Waals surface area contributed by atoms with Gasteiger partial charge in [0.15, 0.2) is 0 Å². The third-order valence-electron chi connectivity index (χ3n) is 2.75. The molecule has 1 aliphatic rings. The van der Waals surface area contributed by atoms with E-state index in [9.17, 15) is 5.11 Å². The second-order valence-corrected chi connectivity index (χ2v) is 3.94. The highest BCUT2D eigenvalue weighted by Gasteiger charge is 2.25. The lowest BCUT2D eigenvalue weighted by Gasteiger charge is -2.19. The predicted octanol–water partition coefficient (Wildman–Crippen LogP) is 0.0220. The fraction of sp³-hybridized carbons (Fsp3) is 0.455. The number of β-amino-alcohol motifs (C(OH)–C–C–N with tert-alkyl or cyclic N) is 1. The summed E-state index contributed by atoms with van der Waals surface area (Å²) in [5.74, 6) is 0.694. The number of aliphatic hydroxyl groups is 1. The average Bonchev–Trinajstić information content (AvgIpc) is 2.67. The average molecular weight is 223 g/mol. The number of nitrogens with one attached hydrogen (secondary N) is 2. The Labute approximate surface area is 94.6 Å². The minimum absolute atomic E-state index is 0.0116. The molecule has 1 aromatic rings. The summed E-state index contributed by atoms with van der Waals surface area (Å²) in [6.07, 6.45) is -0.373. The summed E-state index contributed by atoms with van der Waals surface area (Å²) in [5, 5.41) is 16.0. The molecule has 16 heavy (non-hydrogen) atoms. The maximum absolute atomic E-state index is 9.68. The Morgan fingerprint density at radius 3 is 2.94 bits per heavy atom. The Hall–Kier alpha value is -1.46. The minimum Gasteiger partial charge on any atom is -0.495 e. The Bertz CT molecular complexity index is 370. The molecule has 1 aromatic carbocycles. The van der Waals surface area contributed by atoms with Crippen molar-refractivity contribution in [2.75, 3.05) is 31.2 Å². The van der Waals surface area contributed by atoms with Crippen LogP contribution < -0.4 is 21.1 Å². The number of ether oxygens (including phenoxy) is 1. The zero-order chi connectivity index (χ0) is 11.5. The molecule has 88 valence electrons. The first-order chi connectivity index (χ1) is 7.70. The molecule has 2 rings (SSSR count). The number of nitrogens with two attached hydrogens (primary N) is 1. The van der Waals surface area contributed by atoms with Crippen molar-refractivity contribution in [1.29, 1.82) is 0 Å². The quantitative estimate of drug-likeness (QED) is 0.543. The molecule has 0 aliphatic carbocycles. The van der Waals surface area contributed by atoms with Crippen LogP contribution in [0.3, 0.4) is 0 Å². The number of rotatable bonds is 3. The van der Waals surface area contributed by atoms with Crippen LogP contribution in [0.4, 0.5) is 11.4 Å². The highest BCUT2D eigenvalue weighted by molar-refractivity contribution is 5.63. The van der Waals surface area contributed by atoms with Crippen molar-refractivity contribution in [2.24, 2.45) is 0 Å². The highest BCUT2D eigenvalue weighted by atomic mass is 16.5. The topological polar surface area (TPSA) is 79.5 Å². The van der Waals surface area contributed by atoms with E-state index in [1.165, 1.54) is 0 Å². The Balaban J connectivity index is 2.14. The first-order valence-corrected chi connectivity index (χ1v) is 5.29. The van der Waals surface area contributed by atoms with E-state index in [1.54, 1.807) is 19.2 Å². The van der Waals surface area contributed by atoms with Crippen molar-refractivity contribution in [3.8, 4) is 5.75 Å². The summed E-state index contributed by atoms with van der Waals surface area (Å²) >= 11 is 0. The number of hydrogen-bond donors (Lipinski definition) is 4. The van der Waals surface area contributed by atoms with Gasteiger partial charge in [-0.1, -0.05) is 0 Å². The molecule has 5 N–H and O–H groups in total. The van der Waals surface area contributed by atoms with Gasteiger partial charge in [0.05, 0.1) is 24.9 Å². The molecule has 0 spiro atoms. The van der Waals surface area contributed by atoms with Gasteiger partial charge in [0, 0.05) is 24.8 Å². The summed E-state index contributed by atoms with van der Waals surface area (Å²) in [7, 11) is 1.60. The van der Waals surface area contributed by atoms with Crippen LogP contribution >= 0.6 is 0 Å². The van der Waals surface area contributed by atoms with Crippen LogP contribution in [0.1, 0.15) is 0 Å².